The largest absolute Gasteiger partial charge is 0.416 e. The van der Waals surface area contributed by atoms with Crippen LogP contribution in [0.5, 0.6) is 0 Å². The first-order valence-electron chi connectivity index (χ1n) is 9.30. The molecule has 0 bridgehead atoms. The Hall–Kier alpha value is -3.09. The van der Waals surface area contributed by atoms with E-state index in [4.69, 9.17) is 0 Å². The van der Waals surface area contributed by atoms with Gasteiger partial charge in [0.05, 0.1) is 12.1 Å². The number of aromatic nitrogens is 2. The number of carbonyl (C=O) groups is 1. The van der Waals surface area contributed by atoms with Crippen LogP contribution < -0.4 is 0 Å². The molecular weight excluding hydrogens is 379 g/mol. The lowest BCUT2D eigenvalue weighted by atomic mass is 10.1. The molecular formula is C22H22F3N3O. The highest BCUT2D eigenvalue weighted by molar-refractivity contribution is 5.94. The number of nitrogens with zero attached hydrogens (tertiary/aromatic N) is 3. The van der Waals surface area contributed by atoms with Gasteiger partial charge in [-0.3, -0.25) is 4.79 Å². The van der Waals surface area contributed by atoms with E-state index in [1.165, 1.54) is 18.3 Å². The number of alkyl halides is 3. The Balaban J connectivity index is 1.81. The predicted molar refractivity (Wildman–Crippen MR) is 104 cm³/mol. The Morgan fingerprint density at radius 3 is 2.45 bits per heavy atom. The van der Waals surface area contributed by atoms with Crippen molar-refractivity contribution in [2.45, 2.75) is 33.1 Å². The van der Waals surface area contributed by atoms with Gasteiger partial charge in [0.15, 0.2) is 0 Å². The molecule has 0 aliphatic rings. The molecule has 2 aromatic carbocycles. The minimum absolute atomic E-state index is 0.0291. The maximum Gasteiger partial charge on any atom is 0.416 e. The third-order valence-electron chi connectivity index (χ3n) is 4.76. The summed E-state index contributed by atoms with van der Waals surface area (Å²) in [5, 5.41) is 0. The average Bonchev–Trinajstić information content (AvgIpc) is 3.12. The van der Waals surface area contributed by atoms with Gasteiger partial charge in [0.1, 0.15) is 5.82 Å². The van der Waals surface area contributed by atoms with Gasteiger partial charge in [0, 0.05) is 31.0 Å². The van der Waals surface area contributed by atoms with Crippen LogP contribution in [0.3, 0.4) is 0 Å². The van der Waals surface area contributed by atoms with Crippen LogP contribution in [0.4, 0.5) is 13.2 Å². The van der Waals surface area contributed by atoms with Gasteiger partial charge in [-0.15, -0.1) is 0 Å². The molecule has 0 fully saturated rings. The van der Waals surface area contributed by atoms with Crippen molar-refractivity contribution in [3.8, 4) is 0 Å². The second-order valence-corrected chi connectivity index (χ2v) is 6.81. The number of imidazole rings is 1. The summed E-state index contributed by atoms with van der Waals surface area (Å²) in [6.07, 6.45) is -1.25. The van der Waals surface area contributed by atoms with Crippen molar-refractivity contribution in [1.82, 2.24) is 14.5 Å². The molecule has 0 saturated heterocycles. The van der Waals surface area contributed by atoms with Gasteiger partial charge in [0.25, 0.3) is 5.91 Å². The van der Waals surface area contributed by atoms with Crippen molar-refractivity contribution in [2.24, 2.45) is 0 Å². The number of halogens is 3. The van der Waals surface area contributed by atoms with Gasteiger partial charge in [0.2, 0.25) is 0 Å². The fourth-order valence-corrected chi connectivity index (χ4v) is 3.13. The van der Waals surface area contributed by atoms with Crippen molar-refractivity contribution in [1.29, 1.82) is 0 Å². The van der Waals surface area contributed by atoms with Crippen molar-refractivity contribution in [3.63, 3.8) is 0 Å². The zero-order chi connectivity index (χ0) is 21.0. The Kier molecular flexibility index (Phi) is 6.06. The van der Waals surface area contributed by atoms with Crippen LogP contribution in [0.25, 0.3) is 0 Å². The summed E-state index contributed by atoms with van der Waals surface area (Å²) in [7, 11) is 0. The van der Waals surface area contributed by atoms with E-state index in [-0.39, 0.29) is 24.6 Å². The molecule has 0 radical (unpaired) electrons. The molecule has 1 heterocycles. The first kappa shape index (κ1) is 20.6. The number of benzene rings is 2. The summed E-state index contributed by atoms with van der Waals surface area (Å²) >= 11 is 0. The number of hydrogen-bond acceptors (Lipinski definition) is 2. The van der Waals surface area contributed by atoms with Crippen molar-refractivity contribution in [2.75, 3.05) is 6.54 Å². The number of rotatable bonds is 6. The highest BCUT2D eigenvalue weighted by Crippen LogP contribution is 2.32. The van der Waals surface area contributed by atoms with E-state index in [0.29, 0.717) is 17.9 Å². The highest BCUT2D eigenvalue weighted by Gasteiger charge is 2.33. The van der Waals surface area contributed by atoms with E-state index in [2.05, 4.69) is 4.98 Å². The molecule has 3 rings (SSSR count). The van der Waals surface area contributed by atoms with Crippen LogP contribution in [0, 0.1) is 6.92 Å². The molecule has 0 N–H and O–H groups in total. The van der Waals surface area contributed by atoms with E-state index in [1.54, 1.807) is 33.9 Å². The van der Waals surface area contributed by atoms with Gasteiger partial charge in [-0.2, -0.15) is 13.2 Å². The molecule has 7 heteroatoms. The fraction of sp³-hybridized carbons (Fsp3) is 0.273. The van der Waals surface area contributed by atoms with Crippen LogP contribution in [0.15, 0.2) is 60.9 Å². The Labute approximate surface area is 167 Å². The first-order chi connectivity index (χ1) is 13.8. The first-order valence-corrected chi connectivity index (χ1v) is 9.30. The third kappa shape index (κ3) is 4.85. The van der Waals surface area contributed by atoms with Crippen molar-refractivity contribution >= 4 is 5.91 Å². The van der Waals surface area contributed by atoms with E-state index in [1.807, 2.05) is 26.0 Å². The van der Waals surface area contributed by atoms with Crippen LogP contribution in [-0.4, -0.2) is 26.9 Å². The second kappa shape index (κ2) is 8.51. The van der Waals surface area contributed by atoms with E-state index in [9.17, 15) is 18.0 Å². The van der Waals surface area contributed by atoms with E-state index >= 15 is 0 Å². The SMILES string of the molecule is CCN(Cc1nccn1Cc1ccccc1C(F)(F)F)C(=O)c1ccc(C)cc1. The molecule has 0 atom stereocenters. The molecule has 0 unspecified atom stereocenters. The summed E-state index contributed by atoms with van der Waals surface area (Å²) in [6.45, 7) is 4.50. The molecule has 1 amide bonds. The number of aryl methyl sites for hydroxylation is 1. The zero-order valence-electron chi connectivity index (χ0n) is 16.3. The lowest BCUT2D eigenvalue weighted by Gasteiger charge is -2.22. The smallest absolute Gasteiger partial charge is 0.331 e. The number of carbonyl (C=O) groups excluding carboxylic acids is 1. The normalized spacial score (nSPS) is 11.5. The van der Waals surface area contributed by atoms with Crippen LogP contribution >= 0.6 is 0 Å². The highest BCUT2D eigenvalue weighted by atomic mass is 19.4. The molecule has 0 aliphatic heterocycles. The Morgan fingerprint density at radius 1 is 1.10 bits per heavy atom. The molecule has 4 nitrogen and oxygen atoms in total. The summed E-state index contributed by atoms with van der Waals surface area (Å²) in [5.41, 5.74) is 1.12. The van der Waals surface area contributed by atoms with Crippen molar-refractivity contribution in [3.05, 3.63) is 89.0 Å². The summed E-state index contributed by atoms with van der Waals surface area (Å²) < 4.78 is 41.5. The fourth-order valence-electron chi connectivity index (χ4n) is 3.13. The molecule has 0 spiro atoms. The van der Waals surface area contributed by atoms with E-state index in [0.717, 1.165) is 11.6 Å². The minimum atomic E-state index is -4.42. The van der Waals surface area contributed by atoms with Gasteiger partial charge < -0.3 is 9.47 Å². The van der Waals surface area contributed by atoms with Crippen LogP contribution in [0.1, 0.15) is 39.8 Å². The third-order valence-corrected chi connectivity index (χ3v) is 4.76. The summed E-state index contributed by atoms with van der Waals surface area (Å²) in [6, 6.07) is 12.8. The average molecular weight is 401 g/mol. The maximum absolute atomic E-state index is 13.3. The van der Waals surface area contributed by atoms with Crippen molar-refractivity contribution < 1.29 is 18.0 Å². The summed E-state index contributed by atoms with van der Waals surface area (Å²) in [5.74, 6) is 0.391. The van der Waals surface area contributed by atoms with Gasteiger partial charge in [-0.25, -0.2) is 4.98 Å². The van der Waals surface area contributed by atoms with Gasteiger partial charge >= 0.3 is 6.18 Å². The molecule has 1 aromatic heterocycles. The van der Waals surface area contributed by atoms with Crippen LogP contribution in [-0.2, 0) is 19.3 Å². The lowest BCUT2D eigenvalue weighted by Crippen LogP contribution is -2.31. The second-order valence-electron chi connectivity index (χ2n) is 6.81. The Morgan fingerprint density at radius 2 is 1.79 bits per heavy atom. The molecule has 29 heavy (non-hydrogen) atoms. The number of hydrogen-bond donors (Lipinski definition) is 0. The van der Waals surface area contributed by atoms with E-state index < -0.39 is 11.7 Å². The quantitative estimate of drug-likeness (QED) is 0.588. The van der Waals surface area contributed by atoms with Crippen LogP contribution in [0.2, 0.25) is 0 Å². The maximum atomic E-state index is 13.3. The molecule has 0 saturated carbocycles. The van der Waals surface area contributed by atoms with Gasteiger partial charge in [-0.1, -0.05) is 35.9 Å². The lowest BCUT2D eigenvalue weighted by molar-refractivity contribution is -0.138. The number of amides is 1. The monoisotopic (exact) mass is 401 g/mol. The van der Waals surface area contributed by atoms with Gasteiger partial charge in [-0.05, 0) is 37.6 Å². The summed E-state index contributed by atoms with van der Waals surface area (Å²) in [4.78, 5) is 18.7. The Bertz CT molecular complexity index is 977. The standard InChI is InChI=1S/C22H22F3N3O/c1-3-27(21(29)17-10-8-16(2)9-11-17)15-20-26-12-13-28(20)14-18-6-4-5-7-19(18)22(23,24)25/h4-13H,3,14-15H2,1-2H3. The minimum Gasteiger partial charge on any atom is -0.331 e. The molecule has 0 aliphatic carbocycles. The zero-order valence-corrected chi connectivity index (χ0v) is 16.3. The molecule has 3 aromatic rings. The topological polar surface area (TPSA) is 38.1 Å². The molecule has 152 valence electrons. The predicted octanol–water partition coefficient (Wildman–Crippen LogP) is 4.92.